The van der Waals surface area contributed by atoms with E-state index >= 15 is 0 Å². The minimum absolute atomic E-state index is 0.310. The van der Waals surface area contributed by atoms with Crippen LogP contribution in [0.1, 0.15) is 19.3 Å². The van der Waals surface area contributed by atoms with Crippen molar-refractivity contribution in [1.82, 2.24) is 0 Å². The van der Waals surface area contributed by atoms with Gasteiger partial charge in [-0.05, 0) is 25.0 Å². The van der Waals surface area contributed by atoms with Gasteiger partial charge in [-0.1, -0.05) is 22.4 Å². The molecule has 3 rings (SSSR count). The molecule has 92 valence electrons. The third-order valence-corrected chi connectivity index (χ3v) is 4.78. The molecule has 1 saturated carbocycles. The van der Waals surface area contributed by atoms with Crippen LogP contribution in [0, 0.1) is 5.41 Å². The molecular weight excluding hydrogens is 284 g/mol. The fourth-order valence-electron chi connectivity index (χ4n) is 2.20. The van der Waals surface area contributed by atoms with E-state index in [2.05, 4.69) is 15.9 Å². The second-order valence-corrected chi connectivity index (χ2v) is 5.35. The van der Waals surface area contributed by atoms with Crippen molar-refractivity contribution < 1.29 is 14.2 Å². The fourth-order valence-corrected chi connectivity index (χ4v) is 2.92. The molecule has 4 heteroatoms. The summed E-state index contributed by atoms with van der Waals surface area (Å²) in [4.78, 5) is 0. The lowest BCUT2D eigenvalue weighted by molar-refractivity contribution is 0.0837. The maximum atomic E-state index is 5.86. The SMILES string of the molecule is BrCC1(COc2ccc3c(c2)OCO3)CCC1. The van der Waals surface area contributed by atoms with Crippen molar-refractivity contribution in [3.05, 3.63) is 18.2 Å². The van der Waals surface area contributed by atoms with Gasteiger partial charge < -0.3 is 14.2 Å². The molecule has 0 amide bonds. The average Bonchev–Trinajstić information content (AvgIpc) is 2.75. The Hall–Kier alpha value is -0.900. The molecule has 2 aliphatic rings. The van der Waals surface area contributed by atoms with Crippen LogP contribution in [-0.4, -0.2) is 18.7 Å². The quantitative estimate of drug-likeness (QED) is 0.798. The van der Waals surface area contributed by atoms with Crippen molar-refractivity contribution in [2.24, 2.45) is 5.41 Å². The first-order valence-electron chi connectivity index (χ1n) is 5.90. The molecule has 1 fully saturated rings. The molecule has 1 aromatic rings. The second kappa shape index (κ2) is 4.41. The van der Waals surface area contributed by atoms with E-state index in [0.29, 0.717) is 12.2 Å². The minimum Gasteiger partial charge on any atom is -0.493 e. The van der Waals surface area contributed by atoms with Crippen LogP contribution in [0.15, 0.2) is 18.2 Å². The molecule has 0 aromatic heterocycles. The Morgan fingerprint density at radius 1 is 1.24 bits per heavy atom. The summed E-state index contributed by atoms with van der Waals surface area (Å²) in [5, 5.41) is 1.02. The molecule has 0 unspecified atom stereocenters. The first kappa shape index (κ1) is 11.2. The molecule has 0 atom stereocenters. The van der Waals surface area contributed by atoms with Crippen molar-refractivity contribution in [2.75, 3.05) is 18.7 Å². The van der Waals surface area contributed by atoms with Crippen LogP contribution in [0.4, 0.5) is 0 Å². The van der Waals surface area contributed by atoms with Crippen molar-refractivity contribution in [2.45, 2.75) is 19.3 Å². The van der Waals surface area contributed by atoms with Crippen LogP contribution in [0.25, 0.3) is 0 Å². The molecule has 0 saturated heterocycles. The van der Waals surface area contributed by atoms with E-state index in [1.165, 1.54) is 19.3 Å². The molecule has 1 aromatic carbocycles. The van der Waals surface area contributed by atoms with E-state index in [0.717, 1.165) is 29.2 Å². The molecular formula is C13H15BrO3. The first-order valence-corrected chi connectivity index (χ1v) is 7.02. The lowest BCUT2D eigenvalue weighted by Gasteiger charge is -2.39. The predicted molar refractivity (Wildman–Crippen MR) is 68.1 cm³/mol. The predicted octanol–water partition coefficient (Wildman–Crippen LogP) is 3.36. The molecule has 0 spiro atoms. The summed E-state index contributed by atoms with van der Waals surface area (Å²) in [6.07, 6.45) is 3.82. The average molecular weight is 299 g/mol. The van der Waals surface area contributed by atoms with Gasteiger partial charge in [0.1, 0.15) is 5.75 Å². The Bertz CT molecular complexity index is 410. The van der Waals surface area contributed by atoms with E-state index in [1.54, 1.807) is 0 Å². The Labute approximate surface area is 109 Å². The van der Waals surface area contributed by atoms with E-state index in [1.807, 2.05) is 18.2 Å². The van der Waals surface area contributed by atoms with Crippen LogP contribution in [0.5, 0.6) is 17.2 Å². The molecule has 1 aliphatic heterocycles. The van der Waals surface area contributed by atoms with E-state index < -0.39 is 0 Å². The maximum absolute atomic E-state index is 5.86. The highest BCUT2D eigenvalue weighted by molar-refractivity contribution is 9.09. The largest absolute Gasteiger partial charge is 0.493 e. The number of halogens is 1. The third kappa shape index (κ3) is 2.10. The summed E-state index contributed by atoms with van der Waals surface area (Å²) < 4.78 is 16.5. The number of ether oxygens (including phenoxy) is 3. The number of rotatable bonds is 4. The van der Waals surface area contributed by atoms with Gasteiger partial charge in [0, 0.05) is 16.8 Å². The third-order valence-electron chi connectivity index (χ3n) is 3.59. The zero-order chi connectivity index (χ0) is 11.7. The molecule has 1 aliphatic carbocycles. The normalized spacial score (nSPS) is 19.8. The second-order valence-electron chi connectivity index (χ2n) is 4.79. The van der Waals surface area contributed by atoms with Crippen LogP contribution in [0.3, 0.4) is 0 Å². The van der Waals surface area contributed by atoms with Gasteiger partial charge in [-0.15, -0.1) is 0 Å². The summed E-state index contributed by atoms with van der Waals surface area (Å²) in [6.45, 7) is 1.09. The molecule has 3 nitrogen and oxygen atoms in total. The molecule has 0 bridgehead atoms. The Balaban J connectivity index is 1.65. The topological polar surface area (TPSA) is 27.7 Å². The summed E-state index contributed by atoms with van der Waals surface area (Å²) in [6, 6.07) is 5.75. The first-order chi connectivity index (χ1) is 8.31. The van der Waals surface area contributed by atoms with Gasteiger partial charge in [-0.3, -0.25) is 0 Å². The van der Waals surface area contributed by atoms with Crippen molar-refractivity contribution in [3.63, 3.8) is 0 Å². The van der Waals surface area contributed by atoms with Gasteiger partial charge in [-0.2, -0.15) is 0 Å². The molecule has 1 heterocycles. The van der Waals surface area contributed by atoms with Crippen molar-refractivity contribution >= 4 is 15.9 Å². The Morgan fingerprint density at radius 3 is 2.76 bits per heavy atom. The summed E-state index contributed by atoms with van der Waals surface area (Å²) in [5.74, 6) is 2.45. The van der Waals surface area contributed by atoms with E-state index in [4.69, 9.17) is 14.2 Å². The van der Waals surface area contributed by atoms with Gasteiger partial charge in [0.2, 0.25) is 6.79 Å². The number of hydrogen-bond acceptors (Lipinski definition) is 3. The summed E-state index contributed by atoms with van der Waals surface area (Å²) in [7, 11) is 0. The van der Waals surface area contributed by atoms with Crippen molar-refractivity contribution in [1.29, 1.82) is 0 Å². The van der Waals surface area contributed by atoms with Gasteiger partial charge in [0.25, 0.3) is 0 Å². The Morgan fingerprint density at radius 2 is 2.06 bits per heavy atom. The maximum Gasteiger partial charge on any atom is 0.231 e. The minimum atomic E-state index is 0.310. The molecule has 0 N–H and O–H groups in total. The Kier molecular flexibility index (Phi) is 2.90. The number of hydrogen-bond donors (Lipinski definition) is 0. The van der Waals surface area contributed by atoms with E-state index in [9.17, 15) is 0 Å². The summed E-state index contributed by atoms with van der Waals surface area (Å²) in [5.41, 5.74) is 0.344. The number of fused-ring (bicyclic) bond motifs is 1. The van der Waals surface area contributed by atoms with E-state index in [-0.39, 0.29) is 0 Å². The molecule has 0 radical (unpaired) electrons. The smallest absolute Gasteiger partial charge is 0.231 e. The van der Waals surface area contributed by atoms with Gasteiger partial charge >= 0.3 is 0 Å². The summed E-state index contributed by atoms with van der Waals surface area (Å²) >= 11 is 3.58. The lowest BCUT2D eigenvalue weighted by atomic mass is 9.71. The van der Waals surface area contributed by atoms with Crippen LogP contribution >= 0.6 is 15.9 Å². The van der Waals surface area contributed by atoms with Crippen LogP contribution in [0.2, 0.25) is 0 Å². The van der Waals surface area contributed by atoms with Gasteiger partial charge in [0.15, 0.2) is 11.5 Å². The lowest BCUT2D eigenvalue weighted by Crippen LogP contribution is -2.37. The zero-order valence-electron chi connectivity index (χ0n) is 9.58. The zero-order valence-corrected chi connectivity index (χ0v) is 11.2. The molecule has 17 heavy (non-hydrogen) atoms. The fraction of sp³-hybridized carbons (Fsp3) is 0.538. The highest BCUT2D eigenvalue weighted by Gasteiger charge is 2.36. The van der Waals surface area contributed by atoms with Crippen LogP contribution < -0.4 is 14.2 Å². The monoisotopic (exact) mass is 298 g/mol. The highest BCUT2D eigenvalue weighted by atomic mass is 79.9. The highest BCUT2D eigenvalue weighted by Crippen LogP contribution is 2.43. The standard InChI is InChI=1S/C13H15BrO3/c14-7-13(4-1-5-13)8-15-10-2-3-11-12(6-10)17-9-16-11/h2-3,6H,1,4-5,7-9H2. The van der Waals surface area contributed by atoms with Gasteiger partial charge in [0.05, 0.1) is 6.61 Å². The number of alkyl halides is 1. The van der Waals surface area contributed by atoms with Gasteiger partial charge in [-0.25, -0.2) is 0 Å². The number of benzene rings is 1. The van der Waals surface area contributed by atoms with Crippen LogP contribution in [-0.2, 0) is 0 Å². The van der Waals surface area contributed by atoms with Crippen molar-refractivity contribution in [3.8, 4) is 17.2 Å².